The zero-order valence-corrected chi connectivity index (χ0v) is 84.9. The van der Waals surface area contributed by atoms with Gasteiger partial charge in [-0.25, -0.2) is 0 Å². The summed E-state index contributed by atoms with van der Waals surface area (Å²) in [5.41, 5.74) is 44.8. The summed E-state index contributed by atoms with van der Waals surface area (Å²) in [7, 11) is 0. The molecule has 18 rings (SSSR count). The predicted octanol–water partition coefficient (Wildman–Crippen LogP) is 44.3. The number of aryl methyl sites for hydroxylation is 2. The summed E-state index contributed by atoms with van der Waals surface area (Å²) in [4.78, 5) is 7.05. The van der Waals surface area contributed by atoms with Gasteiger partial charge in [-0.05, 0) is 322 Å². The zero-order valence-electron chi connectivity index (χ0n) is 84.9. The van der Waals surface area contributed by atoms with Crippen LogP contribution in [0.5, 0.6) is 0 Å². The summed E-state index contributed by atoms with van der Waals surface area (Å²) in [6, 6.07) is 161. The maximum absolute atomic E-state index is 2.36. The third-order valence-corrected chi connectivity index (χ3v) is 28.2. The van der Waals surface area contributed by atoms with Crippen molar-refractivity contribution in [2.75, 3.05) is 14.7 Å². The number of anilines is 9. The Labute approximate surface area is 875 Å². The lowest BCUT2D eigenvalue weighted by Gasteiger charge is -2.26. The molecule has 0 aliphatic carbocycles. The first-order valence-corrected chi connectivity index (χ1v) is 50.4. The number of hydrogen-bond acceptors (Lipinski definition) is 3. The fourth-order valence-electron chi connectivity index (χ4n) is 18.2. The van der Waals surface area contributed by atoms with Gasteiger partial charge >= 0.3 is 0 Å². The number of benzene rings is 18. The highest BCUT2D eigenvalue weighted by Crippen LogP contribution is 2.45. The van der Waals surface area contributed by atoms with Gasteiger partial charge in [0.1, 0.15) is 0 Å². The minimum atomic E-state index is 0. The van der Waals surface area contributed by atoms with Gasteiger partial charge in [-0.15, -0.1) is 0 Å². The lowest BCUT2D eigenvalue weighted by Crippen LogP contribution is -2.10. The molecule has 0 saturated carbocycles. The van der Waals surface area contributed by atoms with Crippen molar-refractivity contribution in [3.8, 4) is 100 Å². The number of rotatable bonds is 26. The molecule has 0 aliphatic rings. The maximum Gasteiger partial charge on any atom is 0.0462 e. The second kappa shape index (κ2) is 51.0. The van der Waals surface area contributed by atoms with Crippen LogP contribution in [0, 0.1) is 13.8 Å². The smallest absolute Gasteiger partial charge is 0.0462 e. The van der Waals surface area contributed by atoms with Crippen LogP contribution in [0.2, 0.25) is 0 Å². The van der Waals surface area contributed by atoms with Crippen LogP contribution in [0.25, 0.3) is 100 Å². The highest BCUT2D eigenvalue weighted by Gasteiger charge is 2.22. The average Bonchev–Trinajstić information content (AvgIpc) is 0.797. The molecule has 0 N–H and O–H groups in total. The summed E-state index contributed by atoms with van der Waals surface area (Å²) in [5.74, 6) is 2.80. The lowest BCUT2D eigenvalue weighted by molar-refractivity contribution is 0.590. The third kappa shape index (κ3) is 27.7. The molecule has 145 heavy (non-hydrogen) atoms. The number of hydrogen-bond donors (Lipinski definition) is 0. The van der Waals surface area contributed by atoms with Crippen LogP contribution in [0.15, 0.2) is 437 Å². The highest BCUT2D eigenvalue weighted by atomic mass is 15.2. The second-order valence-electron chi connectivity index (χ2n) is 40.7. The van der Waals surface area contributed by atoms with Gasteiger partial charge in [-0.1, -0.05) is 494 Å². The summed E-state index contributed by atoms with van der Waals surface area (Å²) < 4.78 is 0. The Balaban J connectivity index is 0.000000219. The molecule has 18 aromatic rings. The maximum atomic E-state index is 2.36. The van der Waals surface area contributed by atoms with E-state index >= 15 is 0 Å². The van der Waals surface area contributed by atoms with E-state index in [1.54, 1.807) is 0 Å². The van der Waals surface area contributed by atoms with E-state index in [1.165, 1.54) is 150 Å². The van der Waals surface area contributed by atoms with Crippen molar-refractivity contribution in [1.29, 1.82) is 0 Å². The van der Waals surface area contributed by atoms with Gasteiger partial charge in [-0.2, -0.15) is 0 Å². The molecule has 0 amide bonds. The molecule has 0 heterocycles. The molecular weight excluding hydrogens is 1750 g/mol. The lowest BCUT2D eigenvalue weighted by atomic mass is 9.86. The van der Waals surface area contributed by atoms with Gasteiger partial charge in [0.25, 0.3) is 0 Å². The van der Waals surface area contributed by atoms with Crippen LogP contribution < -0.4 is 14.7 Å². The predicted molar refractivity (Wildman–Crippen MR) is 644 cm³/mol. The van der Waals surface area contributed by atoms with E-state index in [2.05, 4.69) is 576 Å². The fourth-order valence-corrected chi connectivity index (χ4v) is 18.2. The van der Waals surface area contributed by atoms with Crippen LogP contribution in [-0.4, -0.2) is 0 Å². The van der Waals surface area contributed by atoms with Crippen molar-refractivity contribution < 1.29 is 0 Å². The van der Waals surface area contributed by atoms with Crippen LogP contribution in [0.3, 0.4) is 0 Å². The van der Waals surface area contributed by atoms with Crippen molar-refractivity contribution in [3.05, 3.63) is 487 Å². The molecule has 0 fully saturated rings. The van der Waals surface area contributed by atoms with Crippen LogP contribution in [0.4, 0.5) is 51.2 Å². The minimum absolute atomic E-state index is 0. The molecule has 0 radical (unpaired) electrons. The Bertz CT molecular complexity index is 6650. The van der Waals surface area contributed by atoms with Gasteiger partial charge < -0.3 is 14.7 Å². The highest BCUT2D eigenvalue weighted by molar-refractivity contribution is 5.86. The van der Waals surface area contributed by atoms with Gasteiger partial charge in [0.15, 0.2) is 0 Å². The molecule has 3 heteroatoms. The first-order chi connectivity index (χ1) is 67.2. The first-order valence-electron chi connectivity index (χ1n) is 50.4. The molecule has 3 unspecified atom stereocenters. The van der Waals surface area contributed by atoms with E-state index in [0.29, 0.717) is 29.6 Å². The van der Waals surface area contributed by atoms with Crippen molar-refractivity contribution in [2.45, 2.75) is 229 Å². The standard InChI is InChI=1S/C48H51N.C46H47N.C42H39N.6CH4/c1-9-34(2)35-10-12-36(13-11-35)39-18-28-44(29-19-39)49(45-30-20-40(21-31-45)37-14-24-42(25-15-37)47(3,4)5)46-32-22-41(23-33-46)38-16-26-43(27-17-38)48(6,7)8;1-7-34(6)37-12-18-40(19-13-37)43-24-30-46(31-25-43)47(44-26-20-41(21-27-44)38-14-8-35(9-15-38)32(2)3)45-28-22-42(23-29-45)39-16-10-36(11-17-39)33(4)5;1-5-32(4)33-14-16-36(17-15-33)39-22-28-42(29-23-39)43(40-24-18-37(19-25-40)34-10-6-30(2)7-11-34)41-26-20-38(21-27-41)35-12-8-31(3)9-13-35;;;;;;/h10-34H,9H2,1-8H3;8-34H,7H2,1-6H3;6-29,32H,5H2,1-4H3;6*1H4. The monoisotopic (exact) mass is 1910 g/mol. The molecule has 0 bridgehead atoms. The molecule has 0 spiro atoms. The summed E-state index contributed by atoms with van der Waals surface area (Å²) in [6.07, 6.45) is 3.46. The van der Waals surface area contributed by atoms with Gasteiger partial charge in [0, 0.05) is 51.2 Å². The molecule has 0 aromatic heterocycles. The van der Waals surface area contributed by atoms with E-state index in [1.807, 2.05) is 0 Å². The van der Waals surface area contributed by atoms with E-state index < -0.39 is 0 Å². The first kappa shape index (κ1) is 112. The Hall–Kier alpha value is -14.6. The van der Waals surface area contributed by atoms with E-state index in [4.69, 9.17) is 0 Å². The van der Waals surface area contributed by atoms with Crippen LogP contribution in [0.1, 0.15) is 254 Å². The van der Waals surface area contributed by atoms with E-state index in [9.17, 15) is 0 Å². The Morgan fingerprint density at radius 3 is 0.386 bits per heavy atom. The SMILES string of the molecule is C.C.C.C.C.C.CCC(C)c1ccc(-c2ccc(N(c3ccc(-c4ccc(C(C)(C)C)cc4)cc3)c3ccc(-c4ccc(C(C)(C)C)cc4)cc3)cc2)cc1.CCC(C)c1ccc(-c2ccc(N(c3ccc(-c4ccc(C(C)C)cc4)cc3)c3ccc(-c4ccc(C(C)C)cc4)cc3)cc2)cc1.CCC(C)c1ccc(-c2ccc(N(c3ccc(-c4ccc(C)cc4)cc3)c3ccc(-c4ccc(C)cc4)cc3)cc2)cc1. The Morgan fingerprint density at radius 1 is 0.159 bits per heavy atom. The van der Waals surface area contributed by atoms with Crippen LogP contribution in [-0.2, 0) is 10.8 Å². The summed E-state index contributed by atoms with van der Waals surface area (Å²) >= 11 is 0. The van der Waals surface area contributed by atoms with Crippen molar-refractivity contribution >= 4 is 51.2 Å². The molecule has 744 valence electrons. The molecule has 18 aromatic carbocycles. The fraction of sp³-hybridized carbons (Fsp3) is 0.239. The Morgan fingerprint density at radius 2 is 0.269 bits per heavy atom. The van der Waals surface area contributed by atoms with Gasteiger partial charge in [0.2, 0.25) is 0 Å². The van der Waals surface area contributed by atoms with Crippen molar-refractivity contribution in [2.24, 2.45) is 0 Å². The zero-order chi connectivity index (χ0) is 97.4. The summed E-state index contributed by atoms with van der Waals surface area (Å²) in [6.45, 7) is 40.4. The molecule has 0 saturated heterocycles. The second-order valence-corrected chi connectivity index (χ2v) is 40.7. The average molecular weight is 1910 g/mol. The third-order valence-electron chi connectivity index (χ3n) is 28.2. The van der Waals surface area contributed by atoms with E-state index in [0.717, 1.165) is 70.4 Å². The van der Waals surface area contributed by atoms with Crippen molar-refractivity contribution in [3.63, 3.8) is 0 Å². The van der Waals surface area contributed by atoms with E-state index in [-0.39, 0.29) is 55.4 Å². The normalized spacial score (nSPS) is 11.6. The quantitative estimate of drug-likeness (QED) is 0.0535. The number of nitrogens with zero attached hydrogens (tertiary/aromatic N) is 3. The Kier molecular flexibility index (Phi) is 39.5. The largest absolute Gasteiger partial charge is 0.311 e. The van der Waals surface area contributed by atoms with Gasteiger partial charge in [-0.3, -0.25) is 0 Å². The molecular formula is C142H161N3. The molecule has 3 atom stereocenters. The summed E-state index contributed by atoms with van der Waals surface area (Å²) in [5, 5.41) is 0. The van der Waals surface area contributed by atoms with Crippen LogP contribution >= 0.6 is 0 Å². The topological polar surface area (TPSA) is 9.72 Å². The minimum Gasteiger partial charge on any atom is -0.311 e. The molecule has 3 nitrogen and oxygen atoms in total. The van der Waals surface area contributed by atoms with Crippen molar-refractivity contribution in [1.82, 2.24) is 0 Å². The molecule has 0 aliphatic heterocycles. The van der Waals surface area contributed by atoms with Gasteiger partial charge in [0.05, 0.1) is 0 Å².